The summed E-state index contributed by atoms with van der Waals surface area (Å²) in [5.41, 5.74) is 0.444. The molecule has 2 rings (SSSR count). The third kappa shape index (κ3) is 2.00. The number of rotatable bonds is 2. The van der Waals surface area contributed by atoms with Crippen LogP contribution in [0.1, 0.15) is 0 Å². The van der Waals surface area contributed by atoms with Gasteiger partial charge in [0.25, 0.3) is 5.56 Å². The van der Waals surface area contributed by atoms with Crippen LogP contribution in [-0.2, 0) is 7.05 Å². The van der Waals surface area contributed by atoms with E-state index in [0.29, 0.717) is 11.0 Å². The lowest BCUT2D eigenvalue weighted by atomic mass is 10.3. The molecule has 0 aliphatic heterocycles. The summed E-state index contributed by atoms with van der Waals surface area (Å²) in [7, 11) is 5.03. The molecule has 0 unspecified atom stereocenters. The number of hydrogen-bond donors (Lipinski definition) is 0. The van der Waals surface area contributed by atoms with E-state index in [1.54, 1.807) is 32.4 Å². The third-order valence-corrected chi connectivity index (χ3v) is 3.59. The molecule has 78 valence electrons. The van der Waals surface area contributed by atoms with E-state index in [4.69, 9.17) is 0 Å². The first-order valence-electron chi connectivity index (χ1n) is 4.24. The second-order valence-corrected chi connectivity index (χ2v) is 5.42. The Kier molecular flexibility index (Phi) is 2.97. The van der Waals surface area contributed by atoms with Gasteiger partial charge in [0.2, 0.25) is 0 Å². The van der Waals surface area contributed by atoms with Gasteiger partial charge in [0.1, 0.15) is 12.0 Å². The van der Waals surface area contributed by atoms with Crippen LogP contribution in [-0.4, -0.2) is 20.8 Å². The van der Waals surface area contributed by atoms with Crippen LogP contribution in [0.4, 0.5) is 0 Å². The van der Waals surface area contributed by atoms with E-state index in [1.807, 2.05) is 19.4 Å². The van der Waals surface area contributed by atoms with E-state index in [1.165, 1.54) is 6.33 Å². The number of fused-ring (bicyclic) bond motifs is 1. The molecule has 0 saturated carbocycles. The molecule has 4 nitrogen and oxygen atoms in total. The molecule has 0 aliphatic carbocycles. The molecule has 0 saturated heterocycles. The lowest BCUT2D eigenvalue weighted by Gasteiger charge is -2.03. The van der Waals surface area contributed by atoms with Gasteiger partial charge in [-0.1, -0.05) is 21.6 Å². The normalized spacial score (nSPS) is 10.8. The van der Waals surface area contributed by atoms with Gasteiger partial charge in [0.15, 0.2) is 0 Å². The van der Waals surface area contributed by atoms with Gasteiger partial charge < -0.3 is 4.57 Å². The topological polar surface area (TPSA) is 47.8 Å². The number of hydrogen-bond acceptors (Lipinski definition) is 5. The molecule has 0 aliphatic rings. The predicted molar refractivity (Wildman–Crippen MR) is 64.2 cm³/mol. The van der Waals surface area contributed by atoms with Gasteiger partial charge >= 0.3 is 0 Å². The first-order chi connectivity index (χ1) is 7.22. The maximum atomic E-state index is 11.5. The SMILES string of the molecule is CSSc1cnc2c(c1)c(=O)ncn2C. The van der Waals surface area contributed by atoms with Crippen LogP contribution in [0.25, 0.3) is 11.0 Å². The Morgan fingerprint density at radius 3 is 2.93 bits per heavy atom. The van der Waals surface area contributed by atoms with Crippen LogP contribution in [0.15, 0.2) is 28.3 Å². The summed E-state index contributed by atoms with van der Waals surface area (Å²) in [6.45, 7) is 0. The summed E-state index contributed by atoms with van der Waals surface area (Å²) in [5.74, 6) is 0. The summed E-state index contributed by atoms with van der Waals surface area (Å²) >= 11 is 0. The molecule has 2 aromatic rings. The summed E-state index contributed by atoms with van der Waals surface area (Å²) in [6, 6.07) is 1.83. The maximum absolute atomic E-state index is 11.5. The Morgan fingerprint density at radius 1 is 1.40 bits per heavy atom. The highest BCUT2D eigenvalue weighted by Gasteiger charge is 2.04. The number of pyridine rings is 1. The first kappa shape index (κ1) is 10.5. The summed E-state index contributed by atoms with van der Waals surface area (Å²) in [4.78, 5) is 20.5. The zero-order chi connectivity index (χ0) is 10.8. The average molecular weight is 239 g/mol. The Morgan fingerprint density at radius 2 is 2.20 bits per heavy atom. The fraction of sp³-hybridized carbons (Fsp3) is 0.222. The Hall–Kier alpha value is -1.01. The molecule has 0 spiro atoms. The molecule has 0 fully saturated rings. The second kappa shape index (κ2) is 4.24. The molecule has 0 aromatic carbocycles. The van der Waals surface area contributed by atoms with E-state index >= 15 is 0 Å². The van der Waals surface area contributed by atoms with E-state index in [2.05, 4.69) is 9.97 Å². The zero-order valence-corrected chi connectivity index (χ0v) is 9.93. The minimum atomic E-state index is -0.223. The smallest absolute Gasteiger partial charge is 0.282 e. The molecule has 0 radical (unpaired) electrons. The molecule has 0 N–H and O–H groups in total. The summed E-state index contributed by atoms with van der Waals surface area (Å²) in [6.07, 6.45) is 5.23. The van der Waals surface area contributed by atoms with Crippen molar-refractivity contribution in [2.75, 3.05) is 6.26 Å². The van der Waals surface area contributed by atoms with Crippen LogP contribution < -0.4 is 5.56 Å². The predicted octanol–water partition coefficient (Wildman–Crippen LogP) is 1.70. The van der Waals surface area contributed by atoms with Gasteiger partial charge in [0, 0.05) is 18.1 Å². The van der Waals surface area contributed by atoms with E-state index in [9.17, 15) is 4.79 Å². The minimum absolute atomic E-state index is 0.223. The highest BCUT2D eigenvalue weighted by Crippen LogP contribution is 2.28. The molecule has 2 aromatic heterocycles. The quantitative estimate of drug-likeness (QED) is 0.746. The first-order valence-corrected chi connectivity index (χ1v) is 6.80. The fourth-order valence-electron chi connectivity index (χ4n) is 1.28. The molecule has 15 heavy (non-hydrogen) atoms. The van der Waals surface area contributed by atoms with Gasteiger partial charge in [-0.2, -0.15) is 4.98 Å². The number of aryl methyl sites for hydroxylation is 1. The van der Waals surface area contributed by atoms with Crippen molar-refractivity contribution in [2.24, 2.45) is 7.05 Å². The molecule has 0 atom stereocenters. The highest BCUT2D eigenvalue weighted by atomic mass is 33.1. The Bertz CT molecular complexity index is 553. The van der Waals surface area contributed by atoms with Crippen LogP contribution in [0.3, 0.4) is 0 Å². The molecular formula is C9H9N3OS2. The van der Waals surface area contributed by atoms with Gasteiger partial charge in [-0.15, -0.1) is 0 Å². The molecule has 2 heterocycles. The number of aromatic nitrogens is 3. The molecule has 6 heteroatoms. The zero-order valence-electron chi connectivity index (χ0n) is 8.30. The van der Waals surface area contributed by atoms with Crippen molar-refractivity contribution in [3.05, 3.63) is 28.9 Å². The van der Waals surface area contributed by atoms with Crippen LogP contribution >= 0.6 is 21.6 Å². The van der Waals surface area contributed by atoms with E-state index in [0.717, 1.165) is 4.90 Å². The molecular weight excluding hydrogens is 230 g/mol. The number of nitrogens with zero attached hydrogens (tertiary/aromatic N) is 3. The summed E-state index contributed by atoms with van der Waals surface area (Å²) in [5, 5.41) is 0.569. The Labute approximate surface area is 94.5 Å². The standard InChI is InChI=1S/C9H9N3OS2/c1-12-5-11-9(13)7-3-6(15-14-2)4-10-8(7)12/h3-5H,1-2H3. The van der Waals surface area contributed by atoms with Gasteiger partial charge in [-0.05, 0) is 12.3 Å². The van der Waals surface area contributed by atoms with Crippen LogP contribution in [0.5, 0.6) is 0 Å². The van der Waals surface area contributed by atoms with E-state index in [-0.39, 0.29) is 5.56 Å². The van der Waals surface area contributed by atoms with Gasteiger partial charge in [-0.25, -0.2) is 4.98 Å². The molecule has 0 amide bonds. The van der Waals surface area contributed by atoms with Crippen molar-refractivity contribution >= 4 is 32.6 Å². The van der Waals surface area contributed by atoms with Gasteiger partial charge in [0.05, 0.1) is 5.39 Å². The third-order valence-electron chi connectivity index (χ3n) is 1.93. The highest BCUT2D eigenvalue weighted by molar-refractivity contribution is 8.76. The minimum Gasteiger partial charge on any atom is -0.319 e. The monoisotopic (exact) mass is 239 g/mol. The van der Waals surface area contributed by atoms with Crippen LogP contribution in [0.2, 0.25) is 0 Å². The van der Waals surface area contributed by atoms with Crippen molar-refractivity contribution in [3.63, 3.8) is 0 Å². The van der Waals surface area contributed by atoms with E-state index < -0.39 is 0 Å². The van der Waals surface area contributed by atoms with Crippen LogP contribution in [0, 0.1) is 0 Å². The average Bonchev–Trinajstić information content (AvgIpc) is 2.24. The largest absolute Gasteiger partial charge is 0.319 e. The second-order valence-electron chi connectivity index (χ2n) is 2.95. The fourth-order valence-corrected chi connectivity index (χ4v) is 2.59. The summed E-state index contributed by atoms with van der Waals surface area (Å²) < 4.78 is 1.74. The van der Waals surface area contributed by atoms with Crippen molar-refractivity contribution in [1.82, 2.24) is 14.5 Å². The van der Waals surface area contributed by atoms with Crippen molar-refractivity contribution in [3.8, 4) is 0 Å². The lowest BCUT2D eigenvalue weighted by molar-refractivity contribution is 0.881. The van der Waals surface area contributed by atoms with Crippen molar-refractivity contribution in [2.45, 2.75) is 4.90 Å². The maximum Gasteiger partial charge on any atom is 0.282 e. The van der Waals surface area contributed by atoms with Gasteiger partial charge in [-0.3, -0.25) is 4.79 Å². The van der Waals surface area contributed by atoms with Crippen molar-refractivity contribution in [1.29, 1.82) is 0 Å². The molecule has 0 bridgehead atoms. The van der Waals surface area contributed by atoms with Crippen molar-refractivity contribution < 1.29 is 0 Å². The lowest BCUT2D eigenvalue weighted by Crippen LogP contribution is -2.11. The Balaban J connectivity index is 2.70.